The number of ether oxygens (including phenoxy) is 1. The van der Waals surface area contributed by atoms with Gasteiger partial charge in [0.1, 0.15) is 11.6 Å². The van der Waals surface area contributed by atoms with Gasteiger partial charge in [0.25, 0.3) is 0 Å². The predicted octanol–water partition coefficient (Wildman–Crippen LogP) is 1.80. The van der Waals surface area contributed by atoms with Crippen molar-refractivity contribution in [3.8, 4) is 5.75 Å². The van der Waals surface area contributed by atoms with E-state index in [2.05, 4.69) is 4.74 Å². The summed E-state index contributed by atoms with van der Waals surface area (Å²) in [4.78, 5) is 0. The Bertz CT molecular complexity index is 364. The Balaban J connectivity index is 3.06. The van der Waals surface area contributed by atoms with E-state index >= 15 is 0 Å². The molecule has 0 bridgehead atoms. The van der Waals surface area contributed by atoms with Gasteiger partial charge in [0, 0.05) is 11.6 Å². The summed E-state index contributed by atoms with van der Waals surface area (Å²) in [5, 5.41) is 8.68. The first kappa shape index (κ1) is 11.6. The van der Waals surface area contributed by atoms with Gasteiger partial charge in [-0.05, 0) is 6.07 Å². The smallest absolute Gasteiger partial charge is 0.406 e. The first-order valence-corrected chi connectivity index (χ1v) is 3.78. The molecule has 0 saturated heterocycles. The van der Waals surface area contributed by atoms with Gasteiger partial charge in [-0.15, -0.1) is 13.2 Å². The lowest BCUT2D eigenvalue weighted by atomic mass is 10.2. The van der Waals surface area contributed by atoms with E-state index in [1.807, 2.05) is 0 Å². The van der Waals surface area contributed by atoms with Gasteiger partial charge in [0.2, 0.25) is 0 Å². The maximum atomic E-state index is 12.9. The molecule has 7 heteroatoms. The minimum Gasteiger partial charge on any atom is -0.406 e. The van der Waals surface area contributed by atoms with Crippen LogP contribution in [-0.2, 0) is 6.61 Å². The van der Waals surface area contributed by atoms with E-state index in [4.69, 9.17) is 10.8 Å². The predicted molar refractivity (Wildman–Crippen MR) is 43.4 cm³/mol. The molecule has 0 aliphatic heterocycles. The van der Waals surface area contributed by atoms with Crippen LogP contribution in [0, 0.1) is 5.82 Å². The molecule has 1 aromatic rings. The number of hydrogen-bond donors (Lipinski definition) is 2. The van der Waals surface area contributed by atoms with E-state index in [0.717, 1.165) is 6.07 Å². The van der Waals surface area contributed by atoms with E-state index in [-0.39, 0.29) is 5.56 Å². The average molecular weight is 225 g/mol. The third-order valence-corrected chi connectivity index (χ3v) is 1.59. The molecule has 0 heterocycles. The first-order chi connectivity index (χ1) is 6.83. The van der Waals surface area contributed by atoms with Crippen LogP contribution in [0.15, 0.2) is 12.1 Å². The van der Waals surface area contributed by atoms with Crippen molar-refractivity contribution in [3.63, 3.8) is 0 Å². The minimum absolute atomic E-state index is 0.158. The second-order valence-electron chi connectivity index (χ2n) is 2.68. The molecule has 0 aliphatic carbocycles. The molecule has 0 radical (unpaired) electrons. The lowest BCUT2D eigenvalue weighted by Gasteiger charge is -2.11. The van der Waals surface area contributed by atoms with Crippen molar-refractivity contribution in [2.24, 2.45) is 0 Å². The summed E-state index contributed by atoms with van der Waals surface area (Å²) in [6, 6.07) is 1.33. The highest BCUT2D eigenvalue weighted by molar-refractivity contribution is 5.51. The molecule has 84 valence electrons. The van der Waals surface area contributed by atoms with E-state index in [1.165, 1.54) is 0 Å². The van der Waals surface area contributed by atoms with Gasteiger partial charge in [-0.1, -0.05) is 0 Å². The van der Waals surface area contributed by atoms with Gasteiger partial charge in [-0.3, -0.25) is 0 Å². The Kier molecular flexibility index (Phi) is 3.04. The third-order valence-electron chi connectivity index (χ3n) is 1.59. The monoisotopic (exact) mass is 225 g/mol. The van der Waals surface area contributed by atoms with Crippen molar-refractivity contribution >= 4 is 5.69 Å². The average Bonchev–Trinajstić information content (AvgIpc) is 2.08. The second-order valence-corrected chi connectivity index (χ2v) is 2.68. The van der Waals surface area contributed by atoms with Crippen LogP contribution in [0.25, 0.3) is 0 Å². The highest BCUT2D eigenvalue weighted by atomic mass is 19.4. The maximum Gasteiger partial charge on any atom is 0.573 e. The van der Waals surface area contributed by atoms with E-state index in [1.54, 1.807) is 0 Å². The van der Waals surface area contributed by atoms with Crippen molar-refractivity contribution < 1.29 is 27.4 Å². The highest BCUT2D eigenvalue weighted by Gasteiger charge is 2.31. The molecule has 0 atom stereocenters. The molecule has 1 aromatic carbocycles. The number of aliphatic hydroxyl groups excluding tert-OH is 1. The normalized spacial score (nSPS) is 11.5. The van der Waals surface area contributed by atoms with Crippen LogP contribution in [0.2, 0.25) is 0 Å². The summed E-state index contributed by atoms with van der Waals surface area (Å²) in [5.41, 5.74) is 4.60. The first-order valence-electron chi connectivity index (χ1n) is 3.78. The standard InChI is InChI=1S/C8H7F4NO2/c9-6-2-5(15-8(10,11)12)1-4(3-14)7(6)13/h1-2,14H,3,13H2. The number of nitrogens with two attached hydrogens (primary N) is 1. The van der Waals surface area contributed by atoms with Crippen LogP contribution in [0.3, 0.4) is 0 Å². The summed E-state index contributed by atoms with van der Waals surface area (Å²) in [6.45, 7) is -0.669. The maximum absolute atomic E-state index is 12.9. The van der Waals surface area contributed by atoms with Gasteiger partial charge < -0.3 is 15.6 Å². The van der Waals surface area contributed by atoms with E-state index in [0.29, 0.717) is 6.07 Å². The van der Waals surface area contributed by atoms with Crippen molar-refractivity contribution in [1.29, 1.82) is 0 Å². The zero-order valence-corrected chi connectivity index (χ0v) is 7.31. The Morgan fingerprint density at radius 2 is 1.93 bits per heavy atom. The fraction of sp³-hybridized carbons (Fsp3) is 0.250. The summed E-state index contributed by atoms with van der Waals surface area (Å²) in [6.07, 6.45) is -4.91. The SMILES string of the molecule is Nc1c(F)cc(OC(F)(F)F)cc1CO. The minimum atomic E-state index is -4.91. The van der Waals surface area contributed by atoms with Gasteiger partial charge in [0.15, 0.2) is 0 Å². The Morgan fingerprint density at radius 3 is 2.40 bits per heavy atom. The van der Waals surface area contributed by atoms with Crippen molar-refractivity contribution in [2.45, 2.75) is 13.0 Å². The molecular weight excluding hydrogens is 218 g/mol. The van der Waals surface area contributed by atoms with Crippen LogP contribution in [0.4, 0.5) is 23.2 Å². The van der Waals surface area contributed by atoms with Gasteiger partial charge >= 0.3 is 6.36 Å². The van der Waals surface area contributed by atoms with Gasteiger partial charge in [-0.2, -0.15) is 0 Å². The summed E-state index contributed by atoms with van der Waals surface area (Å²) >= 11 is 0. The van der Waals surface area contributed by atoms with Crippen LogP contribution in [-0.4, -0.2) is 11.5 Å². The Labute approximate surface area is 82.1 Å². The molecule has 0 fully saturated rings. The van der Waals surface area contributed by atoms with Crippen molar-refractivity contribution in [1.82, 2.24) is 0 Å². The number of benzene rings is 1. The molecule has 0 unspecified atom stereocenters. The lowest BCUT2D eigenvalue weighted by molar-refractivity contribution is -0.274. The Morgan fingerprint density at radius 1 is 1.33 bits per heavy atom. The van der Waals surface area contributed by atoms with Gasteiger partial charge in [0.05, 0.1) is 12.3 Å². The van der Waals surface area contributed by atoms with Crippen molar-refractivity contribution in [3.05, 3.63) is 23.5 Å². The van der Waals surface area contributed by atoms with Crippen LogP contribution in [0.5, 0.6) is 5.75 Å². The molecule has 3 N–H and O–H groups in total. The molecule has 0 amide bonds. The number of rotatable bonds is 2. The quantitative estimate of drug-likeness (QED) is 0.596. The molecule has 1 rings (SSSR count). The topological polar surface area (TPSA) is 55.5 Å². The number of hydrogen-bond acceptors (Lipinski definition) is 3. The van der Waals surface area contributed by atoms with Gasteiger partial charge in [-0.25, -0.2) is 4.39 Å². The lowest BCUT2D eigenvalue weighted by Crippen LogP contribution is -2.17. The summed E-state index contributed by atoms with van der Waals surface area (Å²) in [5.74, 6) is -1.82. The number of nitrogen functional groups attached to an aromatic ring is 1. The zero-order valence-electron chi connectivity index (χ0n) is 7.31. The number of anilines is 1. The number of halogens is 4. The second kappa shape index (κ2) is 3.93. The molecule has 0 spiro atoms. The van der Waals surface area contributed by atoms with Crippen LogP contribution >= 0.6 is 0 Å². The molecular formula is C8H7F4NO2. The zero-order chi connectivity index (χ0) is 11.6. The number of aliphatic hydroxyl groups is 1. The molecule has 3 nitrogen and oxygen atoms in total. The highest BCUT2D eigenvalue weighted by Crippen LogP contribution is 2.28. The fourth-order valence-electron chi connectivity index (χ4n) is 0.971. The third kappa shape index (κ3) is 2.98. The fourth-order valence-corrected chi connectivity index (χ4v) is 0.971. The van der Waals surface area contributed by atoms with Crippen LogP contribution < -0.4 is 10.5 Å². The van der Waals surface area contributed by atoms with E-state index < -0.39 is 30.2 Å². The van der Waals surface area contributed by atoms with E-state index in [9.17, 15) is 17.6 Å². The summed E-state index contributed by atoms with van der Waals surface area (Å²) in [7, 11) is 0. The molecule has 0 saturated carbocycles. The van der Waals surface area contributed by atoms with Crippen molar-refractivity contribution in [2.75, 3.05) is 5.73 Å². The molecule has 0 aliphatic rings. The Hall–Kier alpha value is -1.50. The number of alkyl halides is 3. The molecule has 0 aromatic heterocycles. The summed E-state index contributed by atoms with van der Waals surface area (Å²) < 4.78 is 51.7. The largest absolute Gasteiger partial charge is 0.573 e. The molecule has 15 heavy (non-hydrogen) atoms. The van der Waals surface area contributed by atoms with Crippen LogP contribution in [0.1, 0.15) is 5.56 Å².